The number of primary amides is 1. The van der Waals surface area contributed by atoms with Gasteiger partial charge in [0.1, 0.15) is 24.2 Å². The van der Waals surface area contributed by atoms with Crippen molar-refractivity contribution in [3.63, 3.8) is 0 Å². The number of amides is 1. The number of nitrogens with zero attached hydrogens (tertiary/aromatic N) is 2. The van der Waals surface area contributed by atoms with E-state index in [2.05, 4.69) is 24.8 Å². The van der Waals surface area contributed by atoms with Gasteiger partial charge in [-0.2, -0.15) is 5.26 Å². The van der Waals surface area contributed by atoms with Gasteiger partial charge in [-0.05, 0) is 61.9 Å². The Morgan fingerprint density at radius 2 is 1.47 bits per heavy atom. The van der Waals surface area contributed by atoms with Gasteiger partial charge in [0.25, 0.3) is 0 Å². The van der Waals surface area contributed by atoms with Crippen LogP contribution in [0.2, 0.25) is 0 Å². The molecule has 6 nitrogen and oxygen atoms in total. The minimum absolute atomic E-state index is 0.0284. The monoisotopic (exact) mass is 573 g/mol. The highest BCUT2D eigenvalue weighted by Crippen LogP contribution is 2.40. The fourth-order valence-electron chi connectivity index (χ4n) is 6.06. The van der Waals surface area contributed by atoms with Crippen molar-refractivity contribution >= 4 is 5.91 Å². The molecule has 0 aromatic heterocycles. The first-order valence-corrected chi connectivity index (χ1v) is 14.8. The highest BCUT2D eigenvalue weighted by Gasteiger charge is 2.43. The summed E-state index contributed by atoms with van der Waals surface area (Å²) in [6.07, 6.45) is 2.17. The Morgan fingerprint density at radius 3 is 2.05 bits per heavy atom. The maximum absolute atomic E-state index is 13.3. The molecule has 2 N–H and O–H groups in total. The predicted molar refractivity (Wildman–Crippen MR) is 169 cm³/mol. The Bertz CT molecular complexity index is 1510. The second kappa shape index (κ2) is 13.1. The van der Waals surface area contributed by atoms with Crippen molar-refractivity contribution in [2.45, 2.75) is 56.8 Å². The lowest BCUT2D eigenvalue weighted by Crippen LogP contribution is -2.47. The third-order valence-corrected chi connectivity index (χ3v) is 8.63. The molecule has 43 heavy (non-hydrogen) atoms. The SMILES string of the molecule is CC(C)(CCC(C(N)=O)(c1ccccc1)c1ccccc1)N1CCC(Oc2cc(C#N)cc(OCc3ccccc3)c2)C1. The predicted octanol–water partition coefficient (Wildman–Crippen LogP) is 6.62. The standard InChI is InChI=1S/C37H39N3O3/c1-36(2,19-20-37(35(39)41,30-14-8-4-9-15-30)31-16-10-5-11-17-31)40-21-18-32(26-40)43-34-23-29(25-38)22-33(24-34)42-27-28-12-6-3-7-13-28/h3-17,22-24,32H,18-21,26-27H2,1-2H3,(H2,39,41). The molecule has 1 amide bonds. The second-order valence-electron chi connectivity index (χ2n) is 11.9. The molecule has 0 bridgehead atoms. The molecule has 1 aliphatic rings. The number of ether oxygens (including phenoxy) is 2. The molecule has 0 radical (unpaired) electrons. The Morgan fingerprint density at radius 1 is 0.884 bits per heavy atom. The number of nitrogens with two attached hydrogens (primary N) is 1. The third kappa shape index (κ3) is 6.90. The molecule has 4 aromatic carbocycles. The summed E-state index contributed by atoms with van der Waals surface area (Å²) >= 11 is 0. The normalized spacial score (nSPS) is 15.5. The number of nitriles is 1. The second-order valence-corrected chi connectivity index (χ2v) is 11.9. The highest BCUT2D eigenvalue weighted by atomic mass is 16.5. The first-order chi connectivity index (χ1) is 20.8. The maximum atomic E-state index is 13.3. The number of benzene rings is 4. The van der Waals surface area contributed by atoms with Crippen LogP contribution in [0.1, 0.15) is 55.4 Å². The summed E-state index contributed by atoms with van der Waals surface area (Å²) in [5, 5.41) is 9.61. The van der Waals surface area contributed by atoms with Crippen LogP contribution >= 0.6 is 0 Å². The van der Waals surface area contributed by atoms with Gasteiger partial charge >= 0.3 is 0 Å². The molecule has 1 fully saturated rings. The fourth-order valence-corrected chi connectivity index (χ4v) is 6.06. The summed E-state index contributed by atoms with van der Waals surface area (Å²) < 4.78 is 12.4. The van der Waals surface area contributed by atoms with Gasteiger partial charge in [0.05, 0.1) is 17.0 Å². The summed E-state index contributed by atoms with van der Waals surface area (Å²) in [7, 11) is 0. The zero-order chi connectivity index (χ0) is 30.3. The van der Waals surface area contributed by atoms with E-state index in [1.807, 2.05) is 97.1 Å². The lowest BCUT2D eigenvalue weighted by Gasteiger charge is -2.40. The molecular weight excluding hydrogens is 534 g/mol. The number of carbonyl (C=O) groups is 1. The van der Waals surface area contributed by atoms with Gasteiger partial charge in [-0.25, -0.2) is 0 Å². The molecule has 5 rings (SSSR count). The molecule has 220 valence electrons. The fraction of sp³-hybridized carbons (Fsp3) is 0.297. The van der Waals surface area contributed by atoms with Crippen LogP contribution in [0.5, 0.6) is 11.5 Å². The van der Waals surface area contributed by atoms with E-state index in [0.717, 1.165) is 42.6 Å². The molecule has 1 aliphatic heterocycles. The molecule has 0 aliphatic carbocycles. The van der Waals surface area contributed by atoms with Crippen LogP contribution in [0, 0.1) is 11.3 Å². The van der Waals surface area contributed by atoms with Crippen molar-refractivity contribution in [3.8, 4) is 17.6 Å². The third-order valence-electron chi connectivity index (χ3n) is 8.63. The van der Waals surface area contributed by atoms with Crippen LogP contribution in [-0.2, 0) is 16.8 Å². The summed E-state index contributed by atoms with van der Waals surface area (Å²) in [5.74, 6) is 0.899. The Labute approximate surface area is 254 Å². The lowest BCUT2D eigenvalue weighted by molar-refractivity contribution is -0.122. The zero-order valence-corrected chi connectivity index (χ0v) is 24.9. The summed E-state index contributed by atoms with van der Waals surface area (Å²) in [6, 6.07) is 37.3. The van der Waals surface area contributed by atoms with Crippen LogP contribution in [0.3, 0.4) is 0 Å². The Hall–Kier alpha value is -4.60. The van der Waals surface area contributed by atoms with Crippen molar-refractivity contribution in [1.29, 1.82) is 5.26 Å². The lowest BCUT2D eigenvalue weighted by atomic mass is 9.69. The largest absolute Gasteiger partial charge is 0.489 e. The van der Waals surface area contributed by atoms with Gasteiger partial charge in [0.2, 0.25) is 5.91 Å². The first kappa shape index (κ1) is 29.9. The van der Waals surface area contributed by atoms with Crippen LogP contribution in [0.15, 0.2) is 109 Å². The van der Waals surface area contributed by atoms with E-state index in [9.17, 15) is 10.1 Å². The number of likely N-dealkylation sites (tertiary alicyclic amines) is 1. The van der Waals surface area contributed by atoms with Crippen LogP contribution < -0.4 is 15.2 Å². The van der Waals surface area contributed by atoms with Gasteiger partial charge in [-0.15, -0.1) is 0 Å². The van der Waals surface area contributed by atoms with E-state index < -0.39 is 5.41 Å². The Balaban J connectivity index is 1.27. The molecule has 1 saturated heterocycles. The maximum Gasteiger partial charge on any atom is 0.232 e. The summed E-state index contributed by atoms with van der Waals surface area (Å²) in [5.41, 5.74) is 8.46. The van der Waals surface area contributed by atoms with Gasteiger partial charge < -0.3 is 15.2 Å². The first-order valence-electron chi connectivity index (χ1n) is 14.8. The molecule has 1 heterocycles. The van der Waals surface area contributed by atoms with E-state index in [1.54, 1.807) is 12.1 Å². The van der Waals surface area contributed by atoms with Gasteiger partial charge in [0, 0.05) is 24.7 Å². The van der Waals surface area contributed by atoms with Gasteiger partial charge in [-0.3, -0.25) is 9.69 Å². The van der Waals surface area contributed by atoms with E-state index >= 15 is 0 Å². The van der Waals surface area contributed by atoms with Gasteiger partial charge in [0.15, 0.2) is 0 Å². The molecule has 0 spiro atoms. The van der Waals surface area contributed by atoms with Crippen molar-refractivity contribution in [2.75, 3.05) is 13.1 Å². The van der Waals surface area contributed by atoms with E-state index in [-0.39, 0.29) is 17.6 Å². The van der Waals surface area contributed by atoms with E-state index in [1.165, 1.54) is 0 Å². The molecular formula is C37H39N3O3. The zero-order valence-electron chi connectivity index (χ0n) is 24.9. The number of rotatable bonds is 12. The van der Waals surface area contributed by atoms with E-state index in [0.29, 0.717) is 30.1 Å². The smallest absolute Gasteiger partial charge is 0.232 e. The molecule has 6 heteroatoms. The number of hydrogen-bond donors (Lipinski definition) is 1. The van der Waals surface area contributed by atoms with Crippen molar-refractivity contribution in [2.24, 2.45) is 5.73 Å². The quantitative estimate of drug-likeness (QED) is 0.206. The summed E-state index contributed by atoms with van der Waals surface area (Å²) in [6.45, 7) is 6.47. The molecule has 1 atom stereocenters. The molecule has 4 aromatic rings. The molecule has 1 unspecified atom stereocenters. The van der Waals surface area contributed by atoms with Crippen LogP contribution in [0.4, 0.5) is 0 Å². The number of carbonyl (C=O) groups excluding carboxylic acids is 1. The highest BCUT2D eigenvalue weighted by molar-refractivity contribution is 5.90. The average molecular weight is 574 g/mol. The topological polar surface area (TPSA) is 88.6 Å². The molecule has 0 saturated carbocycles. The van der Waals surface area contributed by atoms with Crippen molar-refractivity contribution in [3.05, 3.63) is 131 Å². The van der Waals surface area contributed by atoms with Crippen molar-refractivity contribution < 1.29 is 14.3 Å². The minimum atomic E-state index is -0.927. The van der Waals surface area contributed by atoms with Gasteiger partial charge in [-0.1, -0.05) is 91.0 Å². The Kier molecular flexibility index (Phi) is 9.13. The van der Waals surface area contributed by atoms with Crippen LogP contribution in [0.25, 0.3) is 0 Å². The van der Waals surface area contributed by atoms with Crippen molar-refractivity contribution in [1.82, 2.24) is 4.90 Å². The van der Waals surface area contributed by atoms with E-state index in [4.69, 9.17) is 15.2 Å². The minimum Gasteiger partial charge on any atom is -0.489 e. The average Bonchev–Trinajstić information content (AvgIpc) is 3.51. The summed E-state index contributed by atoms with van der Waals surface area (Å²) in [4.78, 5) is 15.7. The number of hydrogen-bond acceptors (Lipinski definition) is 5. The van der Waals surface area contributed by atoms with Crippen LogP contribution in [-0.4, -0.2) is 35.5 Å².